The smallest absolute Gasteiger partial charge is 0.0348 e. The molecule has 0 heterocycles. The van der Waals surface area contributed by atoms with E-state index in [1.165, 1.54) is 27.9 Å². The topological polar surface area (TPSA) is 12.0 Å². The van der Waals surface area contributed by atoms with Gasteiger partial charge in [0.1, 0.15) is 0 Å². The van der Waals surface area contributed by atoms with Crippen molar-refractivity contribution in [3.05, 3.63) is 53.6 Å². The van der Waals surface area contributed by atoms with Crippen LogP contribution in [0.3, 0.4) is 0 Å². The highest BCUT2D eigenvalue weighted by Gasteiger charge is 2.00. The normalized spacial score (nSPS) is 10.3. The number of hydrogen-bond acceptors (Lipinski definition) is 1. The molecule has 0 bridgehead atoms. The minimum atomic E-state index is 0.955. The summed E-state index contributed by atoms with van der Waals surface area (Å²) in [7, 11) is 0. The van der Waals surface area contributed by atoms with E-state index in [4.69, 9.17) is 0 Å². The fourth-order valence-electron chi connectivity index (χ4n) is 2.00. The van der Waals surface area contributed by atoms with Crippen LogP contribution >= 0.6 is 0 Å². The van der Waals surface area contributed by atoms with Crippen molar-refractivity contribution in [2.75, 3.05) is 11.9 Å². The molecule has 0 aliphatic heterocycles. The fraction of sp³-hybridized carbons (Fsp3) is 0.250. The first-order valence-corrected chi connectivity index (χ1v) is 6.11. The Morgan fingerprint density at radius 2 is 1.53 bits per heavy atom. The van der Waals surface area contributed by atoms with Crippen molar-refractivity contribution in [3.63, 3.8) is 0 Å². The molecule has 2 aromatic rings. The van der Waals surface area contributed by atoms with Gasteiger partial charge in [-0.05, 0) is 49.6 Å². The zero-order chi connectivity index (χ0) is 12.3. The Kier molecular flexibility index (Phi) is 3.48. The van der Waals surface area contributed by atoms with E-state index in [9.17, 15) is 0 Å². The zero-order valence-electron chi connectivity index (χ0n) is 10.7. The molecule has 1 nitrogen and oxygen atoms in total. The van der Waals surface area contributed by atoms with Gasteiger partial charge < -0.3 is 5.32 Å². The molecule has 0 aromatic heterocycles. The average Bonchev–Trinajstić information content (AvgIpc) is 2.29. The monoisotopic (exact) mass is 225 g/mol. The van der Waals surface area contributed by atoms with Crippen LogP contribution in [0.4, 0.5) is 5.69 Å². The van der Waals surface area contributed by atoms with Crippen molar-refractivity contribution in [1.82, 2.24) is 0 Å². The van der Waals surface area contributed by atoms with Gasteiger partial charge in [0.05, 0.1) is 0 Å². The summed E-state index contributed by atoms with van der Waals surface area (Å²) in [5.74, 6) is 0. The Balaban J connectivity index is 2.40. The summed E-state index contributed by atoms with van der Waals surface area (Å²) in [5, 5.41) is 3.37. The van der Waals surface area contributed by atoms with Crippen LogP contribution in [0, 0.1) is 13.8 Å². The van der Waals surface area contributed by atoms with Gasteiger partial charge in [0.15, 0.2) is 0 Å². The lowest BCUT2D eigenvalue weighted by Crippen LogP contribution is -1.97. The van der Waals surface area contributed by atoms with Gasteiger partial charge in [-0.15, -0.1) is 0 Å². The molecule has 0 atom stereocenters. The van der Waals surface area contributed by atoms with Crippen molar-refractivity contribution in [2.45, 2.75) is 20.8 Å². The molecule has 0 fully saturated rings. The molecular weight excluding hydrogens is 206 g/mol. The Hall–Kier alpha value is -1.76. The standard InChI is InChI=1S/C16H19N/c1-4-17-16-10-13(3)9-15(11-16)14-7-5-12(2)6-8-14/h5-11,17H,4H2,1-3H3. The van der Waals surface area contributed by atoms with E-state index < -0.39 is 0 Å². The lowest BCUT2D eigenvalue weighted by molar-refractivity contribution is 1.21. The van der Waals surface area contributed by atoms with E-state index in [1.54, 1.807) is 0 Å². The number of aryl methyl sites for hydroxylation is 2. The van der Waals surface area contributed by atoms with E-state index in [-0.39, 0.29) is 0 Å². The molecule has 2 rings (SSSR count). The van der Waals surface area contributed by atoms with E-state index in [2.05, 4.69) is 68.6 Å². The lowest BCUT2D eigenvalue weighted by Gasteiger charge is -2.09. The minimum Gasteiger partial charge on any atom is -0.385 e. The number of nitrogens with one attached hydrogen (secondary N) is 1. The van der Waals surface area contributed by atoms with Crippen LogP contribution in [0.15, 0.2) is 42.5 Å². The van der Waals surface area contributed by atoms with Crippen molar-refractivity contribution in [3.8, 4) is 11.1 Å². The quantitative estimate of drug-likeness (QED) is 0.816. The third-order valence-corrected chi connectivity index (χ3v) is 2.84. The van der Waals surface area contributed by atoms with Gasteiger partial charge >= 0.3 is 0 Å². The summed E-state index contributed by atoms with van der Waals surface area (Å²) in [6.07, 6.45) is 0. The molecule has 17 heavy (non-hydrogen) atoms. The molecule has 88 valence electrons. The molecule has 0 unspecified atom stereocenters. The summed E-state index contributed by atoms with van der Waals surface area (Å²) in [5.41, 5.74) is 6.34. The predicted molar refractivity (Wildman–Crippen MR) is 75.5 cm³/mol. The maximum Gasteiger partial charge on any atom is 0.0348 e. The van der Waals surface area contributed by atoms with Gasteiger partial charge in [-0.3, -0.25) is 0 Å². The van der Waals surface area contributed by atoms with Crippen molar-refractivity contribution >= 4 is 5.69 Å². The van der Waals surface area contributed by atoms with Crippen molar-refractivity contribution < 1.29 is 0 Å². The molecule has 2 aromatic carbocycles. The highest BCUT2D eigenvalue weighted by molar-refractivity contribution is 5.69. The van der Waals surface area contributed by atoms with Crippen molar-refractivity contribution in [1.29, 1.82) is 0 Å². The second-order valence-electron chi connectivity index (χ2n) is 4.48. The first kappa shape index (κ1) is 11.7. The molecule has 0 radical (unpaired) electrons. The van der Waals surface area contributed by atoms with Crippen molar-refractivity contribution in [2.24, 2.45) is 0 Å². The largest absolute Gasteiger partial charge is 0.385 e. The van der Waals surface area contributed by atoms with Crippen LogP contribution in [0.1, 0.15) is 18.1 Å². The first-order valence-electron chi connectivity index (χ1n) is 6.11. The van der Waals surface area contributed by atoms with Crippen LogP contribution in [0.5, 0.6) is 0 Å². The third kappa shape index (κ3) is 2.88. The Morgan fingerprint density at radius 1 is 0.824 bits per heavy atom. The van der Waals surface area contributed by atoms with Gasteiger partial charge in [-0.2, -0.15) is 0 Å². The molecule has 1 heteroatoms. The average molecular weight is 225 g/mol. The van der Waals surface area contributed by atoms with E-state index in [0.29, 0.717) is 0 Å². The van der Waals surface area contributed by atoms with Gasteiger partial charge in [0.25, 0.3) is 0 Å². The predicted octanol–water partition coefficient (Wildman–Crippen LogP) is 4.40. The van der Waals surface area contributed by atoms with Crippen LogP contribution in [0.25, 0.3) is 11.1 Å². The summed E-state index contributed by atoms with van der Waals surface area (Å²) in [6, 6.07) is 15.3. The molecule has 0 saturated heterocycles. The maximum atomic E-state index is 3.37. The van der Waals surface area contributed by atoms with E-state index in [1.807, 2.05) is 0 Å². The SMILES string of the molecule is CCNc1cc(C)cc(-c2ccc(C)cc2)c1. The number of rotatable bonds is 3. The van der Waals surface area contributed by atoms with E-state index in [0.717, 1.165) is 6.54 Å². The summed E-state index contributed by atoms with van der Waals surface area (Å²) in [4.78, 5) is 0. The van der Waals surface area contributed by atoms with Crippen LogP contribution in [-0.4, -0.2) is 6.54 Å². The fourth-order valence-corrected chi connectivity index (χ4v) is 2.00. The zero-order valence-corrected chi connectivity index (χ0v) is 10.7. The number of hydrogen-bond donors (Lipinski definition) is 1. The minimum absolute atomic E-state index is 0.955. The third-order valence-electron chi connectivity index (χ3n) is 2.84. The van der Waals surface area contributed by atoms with E-state index >= 15 is 0 Å². The summed E-state index contributed by atoms with van der Waals surface area (Å²) < 4.78 is 0. The molecule has 0 aliphatic rings. The maximum absolute atomic E-state index is 3.37. The molecule has 0 spiro atoms. The highest BCUT2D eigenvalue weighted by Crippen LogP contribution is 2.24. The first-order chi connectivity index (χ1) is 8.19. The summed E-state index contributed by atoms with van der Waals surface area (Å²) in [6.45, 7) is 7.33. The van der Waals surface area contributed by atoms with Gasteiger partial charge in [-0.1, -0.05) is 35.9 Å². The highest BCUT2D eigenvalue weighted by atomic mass is 14.8. The molecule has 0 saturated carbocycles. The molecule has 0 amide bonds. The van der Waals surface area contributed by atoms with Gasteiger partial charge in [0, 0.05) is 12.2 Å². The van der Waals surface area contributed by atoms with Gasteiger partial charge in [0.2, 0.25) is 0 Å². The van der Waals surface area contributed by atoms with Crippen LogP contribution < -0.4 is 5.32 Å². The number of anilines is 1. The Bertz CT molecular complexity index is 497. The molecular formula is C16H19N. The second-order valence-corrected chi connectivity index (χ2v) is 4.48. The Labute approximate surface area is 103 Å². The Morgan fingerprint density at radius 3 is 2.18 bits per heavy atom. The van der Waals surface area contributed by atoms with Gasteiger partial charge in [-0.25, -0.2) is 0 Å². The lowest BCUT2D eigenvalue weighted by atomic mass is 10.0. The second kappa shape index (κ2) is 5.05. The van der Waals surface area contributed by atoms with Crippen LogP contribution in [-0.2, 0) is 0 Å². The number of benzene rings is 2. The molecule has 0 aliphatic carbocycles. The summed E-state index contributed by atoms with van der Waals surface area (Å²) >= 11 is 0. The molecule has 1 N–H and O–H groups in total. The van der Waals surface area contributed by atoms with Crippen LogP contribution in [0.2, 0.25) is 0 Å².